The summed E-state index contributed by atoms with van der Waals surface area (Å²) in [5, 5.41) is 0. The van der Waals surface area contributed by atoms with Crippen molar-refractivity contribution in [1.82, 2.24) is 4.90 Å². The second kappa shape index (κ2) is 8.18. The van der Waals surface area contributed by atoms with E-state index in [1.165, 1.54) is 7.11 Å². The number of carbonyl (C=O) groups is 2. The summed E-state index contributed by atoms with van der Waals surface area (Å²) in [4.78, 5) is 26.0. The molecule has 0 N–H and O–H groups in total. The molecule has 1 fully saturated rings. The van der Waals surface area contributed by atoms with Crippen LogP contribution in [0, 0.1) is 11.8 Å². The zero-order valence-electron chi connectivity index (χ0n) is 12.5. The summed E-state index contributed by atoms with van der Waals surface area (Å²) in [6.07, 6.45) is 5.70. The first kappa shape index (κ1) is 16.0. The van der Waals surface area contributed by atoms with Gasteiger partial charge in [-0.05, 0) is 25.7 Å². The fraction of sp³-hybridized carbons (Fsp3) is 0.867. The Hall–Kier alpha value is -1.06. The fourth-order valence-electron chi connectivity index (χ4n) is 2.88. The molecule has 1 atom stereocenters. The highest BCUT2D eigenvalue weighted by atomic mass is 16.5. The molecule has 0 aromatic heterocycles. The third-order valence-electron chi connectivity index (χ3n) is 3.89. The summed E-state index contributed by atoms with van der Waals surface area (Å²) < 4.78 is 4.80. The summed E-state index contributed by atoms with van der Waals surface area (Å²) >= 11 is 0. The standard InChI is InChI=1S/C15H27NO3/c1-4-7-12(8-5-2)14(17)16-10-6-9-13(11-16)15(18)19-3/h12-13H,4-11H2,1-3H3/t13-/m0/s1. The summed E-state index contributed by atoms with van der Waals surface area (Å²) in [5.41, 5.74) is 0. The summed E-state index contributed by atoms with van der Waals surface area (Å²) in [6, 6.07) is 0. The number of hydrogen-bond donors (Lipinski definition) is 0. The molecule has 0 radical (unpaired) electrons. The number of nitrogens with zero attached hydrogens (tertiary/aromatic N) is 1. The Balaban J connectivity index is 2.61. The normalized spacial score (nSPS) is 19.6. The number of piperidine rings is 1. The van der Waals surface area contributed by atoms with Crippen molar-refractivity contribution < 1.29 is 14.3 Å². The number of rotatable bonds is 6. The van der Waals surface area contributed by atoms with Crippen molar-refractivity contribution in [2.75, 3.05) is 20.2 Å². The Bertz CT molecular complexity index is 298. The fourth-order valence-corrected chi connectivity index (χ4v) is 2.88. The summed E-state index contributed by atoms with van der Waals surface area (Å²) in [7, 11) is 1.42. The summed E-state index contributed by atoms with van der Waals surface area (Å²) in [5.74, 6) is 0.0512. The first-order chi connectivity index (χ1) is 9.13. The number of hydrogen-bond acceptors (Lipinski definition) is 3. The molecule has 0 aromatic rings. The Labute approximate surface area is 116 Å². The van der Waals surface area contributed by atoms with Gasteiger partial charge in [-0.15, -0.1) is 0 Å². The molecule has 4 heteroatoms. The lowest BCUT2D eigenvalue weighted by Crippen LogP contribution is -2.45. The molecule has 0 unspecified atom stereocenters. The number of carbonyl (C=O) groups excluding carboxylic acids is 2. The average Bonchev–Trinajstić information content (AvgIpc) is 2.45. The van der Waals surface area contributed by atoms with Crippen LogP contribution in [0.5, 0.6) is 0 Å². The Morgan fingerprint density at radius 2 is 1.89 bits per heavy atom. The predicted molar refractivity (Wildman–Crippen MR) is 74.6 cm³/mol. The Morgan fingerprint density at radius 3 is 2.42 bits per heavy atom. The number of ether oxygens (including phenoxy) is 1. The molecule has 1 saturated heterocycles. The van der Waals surface area contributed by atoms with Gasteiger partial charge in [0.15, 0.2) is 0 Å². The number of methoxy groups -OCH3 is 1. The van der Waals surface area contributed by atoms with E-state index in [9.17, 15) is 9.59 Å². The highest BCUT2D eigenvalue weighted by Gasteiger charge is 2.31. The monoisotopic (exact) mass is 269 g/mol. The van der Waals surface area contributed by atoms with Crippen molar-refractivity contribution in [3.05, 3.63) is 0 Å². The maximum absolute atomic E-state index is 12.5. The zero-order valence-corrected chi connectivity index (χ0v) is 12.5. The Morgan fingerprint density at radius 1 is 1.26 bits per heavy atom. The smallest absolute Gasteiger partial charge is 0.310 e. The lowest BCUT2D eigenvalue weighted by Gasteiger charge is -2.33. The minimum absolute atomic E-state index is 0.131. The molecule has 110 valence electrons. The molecule has 1 aliphatic rings. The number of esters is 1. The van der Waals surface area contributed by atoms with E-state index in [0.717, 1.165) is 45.1 Å². The van der Waals surface area contributed by atoms with Gasteiger partial charge in [0.2, 0.25) is 5.91 Å². The molecule has 4 nitrogen and oxygen atoms in total. The number of amides is 1. The zero-order chi connectivity index (χ0) is 14.3. The first-order valence-corrected chi connectivity index (χ1v) is 7.50. The van der Waals surface area contributed by atoms with Crippen LogP contribution in [0.3, 0.4) is 0 Å². The molecule has 1 rings (SSSR count). The maximum Gasteiger partial charge on any atom is 0.310 e. The highest BCUT2D eigenvalue weighted by Crippen LogP contribution is 2.23. The second-order valence-electron chi connectivity index (χ2n) is 5.42. The van der Waals surface area contributed by atoms with Crippen LogP contribution in [0.1, 0.15) is 52.4 Å². The molecular weight excluding hydrogens is 242 g/mol. The van der Waals surface area contributed by atoms with E-state index in [4.69, 9.17) is 4.74 Å². The van der Waals surface area contributed by atoms with E-state index in [2.05, 4.69) is 13.8 Å². The van der Waals surface area contributed by atoms with Crippen LogP contribution in [0.2, 0.25) is 0 Å². The highest BCUT2D eigenvalue weighted by molar-refractivity contribution is 5.80. The molecule has 0 aromatic carbocycles. The third-order valence-corrected chi connectivity index (χ3v) is 3.89. The van der Waals surface area contributed by atoms with Gasteiger partial charge in [-0.25, -0.2) is 0 Å². The maximum atomic E-state index is 12.5. The van der Waals surface area contributed by atoms with E-state index in [1.807, 2.05) is 4.90 Å². The molecule has 1 heterocycles. The van der Waals surface area contributed by atoms with Crippen LogP contribution >= 0.6 is 0 Å². The third kappa shape index (κ3) is 4.51. The van der Waals surface area contributed by atoms with Crippen LogP contribution < -0.4 is 0 Å². The van der Waals surface area contributed by atoms with Crippen LogP contribution in [0.15, 0.2) is 0 Å². The van der Waals surface area contributed by atoms with E-state index in [1.54, 1.807) is 0 Å². The molecule has 1 amide bonds. The van der Waals surface area contributed by atoms with Gasteiger partial charge in [0.25, 0.3) is 0 Å². The summed E-state index contributed by atoms with van der Waals surface area (Å²) in [6.45, 7) is 5.55. The van der Waals surface area contributed by atoms with Crippen molar-refractivity contribution in [2.45, 2.75) is 52.4 Å². The molecule has 19 heavy (non-hydrogen) atoms. The van der Waals surface area contributed by atoms with E-state index < -0.39 is 0 Å². The van der Waals surface area contributed by atoms with E-state index >= 15 is 0 Å². The molecule has 0 bridgehead atoms. The number of likely N-dealkylation sites (tertiary alicyclic amines) is 1. The SMILES string of the molecule is CCCC(CCC)C(=O)N1CCC[C@H](C(=O)OC)C1. The minimum atomic E-state index is -0.181. The van der Waals surface area contributed by atoms with Gasteiger partial charge in [-0.2, -0.15) is 0 Å². The van der Waals surface area contributed by atoms with Crippen LogP contribution in [-0.2, 0) is 14.3 Å². The second-order valence-corrected chi connectivity index (χ2v) is 5.42. The van der Waals surface area contributed by atoms with Gasteiger partial charge in [0.05, 0.1) is 13.0 Å². The van der Waals surface area contributed by atoms with E-state index in [0.29, 0.717) is 6.54 Å². The van der Waals surface area contributed by atoms with Crippen molar-refractivity contribution >= 4 is 11.9 Å². The Kier molecular flexibility index (Phi) is 6.89. The largest absolute Gasteiger partial charge is 0.469 e. The van der Waals surface area contributed by atoms with Crippen molar-refractivity contribution in [3.63, 3.8) is 0 Å². The molecule has 0 spiro atoms. The quantitative estimate of drug-likeness (QED) is 0.696. The van der Waals surface area contributed by atoms with Crippen molar-refractivity contribution in [1.29, 1.82) is 0 Å². The lowest BCUT2D eigenvalue weighted by atomic mass is 9.93. The van der Waals surface area contributed by atoms with Gasteiger partial charge in [-0.1, -0.05) is 26.7 Å². The van der Waals surface area contributed by atoms with Gasteiger partial charge in [0, 0.05) is 19.0 Å². The first-order valence-electron chi connectivity index (χ1n) is 7.50. The topological polar surface area (TPSA) is 46.6 Å². The minimum Gasteiger partial charge on any atom is -0.469 e. The van der Waals surface area contributed by atoms with Gasteiger partial charge >= 0.3 is 5.97 Å². The van der Waals surface area contributed by atoms with Crippen LogP contribution in [-0.4, -0.2) is 37.0 Å². The predicted octanol–water partition coefficient (Wildman–Crippen LogP) is 2.61. The van der Waals surface area contributed by atoms with Gasteiger partial charge in [0.1, 0.15) is 0 Å². The van der Waals surface area contributed by atoms with Crippen molar-refractivity contribution in [2.24, 2.45) is 11.8 Å². The lowest BCUT2D eigenvalue weighted by molar-refractivity contribution is -0.149. The van der Waals surface area contributed by atoms with Crippen LogP contribution in [0.25, 0.3) is 0 Å². The van der Waals surface area contributed by atoms with E-state index in [-0.39, 0.29) is 23.7 Å². The van der Waals surface area contributed by atoms with Crippen LogP contribution in [0.4, 0.5) is 0 Å². The van der Waals surface area contributed by atoms with Gasteiger partial charge in [-0.3, -0.25) is 9.59 Å². The molecule has 1 aliphatic heterocycles. The van der Waals surface area contributed by atoms with Crippen molar-refractivity contribution in [3.8, 4) is 0 Å². The molecule has 0 aliphatic carbocycles. The van der Waals surface area contributed by atoms with Gasteiger partial charge < -0.3 is 9.64 Å². The average molecular weight is 269 g/mol. The molecular formula is C15H27NO3. The molecule has 0 saturated carbocycles.